The van der Waals surface area contributed by atoms with Gasteiger partial charge in [-0.05, 0) is 62.2 Å². The van der Waals surface area contributed by atoms with Crippen LogP contribution in [0, 0.1) is 17.1 Å². The highest BCUT2D eigenvalue weighted by Crippen LogP contribution is 2.32. The predicted octanol–water partition coefficient (Wildman–Crippen LogP) is 5.47. The second-order valence-electron chi connectivity index (χ2n) is 8.58. The van der Waals surface area contributed by atoms with Crippen LogP contribution in [-0.2, 0) is 9.59 Å². The molecule has 0 aliphatic carbocycles. The molecule has 0 spiro atoms. The van der Waals surface area contributed by atoms with Crippen molar-refractivity contribution in [1.29, 1.82) is 5.26 Å². The first-order chi connectivity index (χ1) is 17.9. The number of nitriles is 1. The molecule has 0 bridgehead atoms. The van der Waals surface area contributed by atoms with Gasteiger partial charge < -0.3 is 4.74 Å². The summed E-state index contributed by atoms with van der Waals surface area (Å²) in [7, 11) is 0. The molecular formula is C29H27FN4O3. The van der Waals surface area contributed by atoms with Gasteiger partial charge in [-0.1, -0.05) is 31.5 Å². The lowest BCUT2D eigenvalue weighted by atomic mass is 9.93. The Balaban J connectivity index is 1.86. The number of likely N-dealkylation sites (N-methyl/N-ethyl adjacent to an activating group) is 1. The SMILES string of the molecule is CCCCOc1ccc(-c2nn(-c3ccccc3)cc2/C=C2/C(=O)N(CC)C(=O)C(C#N)=C2C)cc1F. The van der Waals surface area contributed by atoms with Crippen molar-refractivity contribution >= 4 is 17.9 Å². The number of carbonyl (C=O) groups is 2. The van der Waals surface area contributed by atoms with Gasteiger partial charge in [0.2, 0.25) is 0 Å². The monoisotopic (exact) mass is 498 g/mol. The fourth-order valence-electron chi connectivity index (χ4n) is 4.09. The van der Waals surface area contributed by atoms with E-state index in [1.165, 1.54) is 6.07 Å². The minimum Gasteiger partial charge on any atom is -0.491 e. The first-order valence-electron chi connectivity index (χ1n) is 12.2. The first-order valence-corrected chi connectivity index (χ1v) is 12.2. The molecule has 0 atom stereocenters. The smallest absolute Gasteiger partial charge is 0.271 e. The summed E-state index contributed by atoms with van der Waals surface area (Å²) >= 11 is 0. The molecule has 0 saturated heterocycles. The van der Waals surface area contributed by atoms with Crippen molar-refractivity contribution in [2.45, 2.75) is 33.6 Å². The van der Waals surface area contributed by atoms with Crippen molar-refractivity contribution in [3.63, 3.8) is 0 Å². The van der Waals surface area contributed by atoms with E-state index in [1.807, 2.05) is 43.3 Å². The number of hydrogen-bond acceptors (Lipinski definition) is 5. The number of aromatic nitrogens is 2. The van der Waals surface area contributed by atoms with Crippen molar-refractivity contribution in [3.8, 4) is 28.8 Å². The zero-order valence-corrected chi connectivity index (χ0v) is 21.0. The van der Waals surface area contributed by atoms with Gasteiger partial charge in [0.05, 0.1) is 12.3 Å². The molecule has 1 aliphatic heterocycles. The Bertz CT molecular complexity index is 1450. The molecule has 7 nitrogen and oxygen atoms in total. The molecule has 0 fully saturated rings. The summed E-state index contributed by atoms with van der Waals surface area (Å²) in [5.41, 5.74) is 2.68. The molecule has 1 aromatic heterocycles. The Morgan fingerprint density at radius 1 is 1.11 bits per heavy atom. The average molecular weight is 499 g/mol. The van der Waals surface area contributed by atoms with Gasteiger partial charge in [-0.25, -0.2) is 9.07 Å². The molecule has 2 heterocycles. The van der Waals surface area contributed by atoms with Gasteiger partial charge in [-0.15, -0.1) is 0 Å². The third kappa shape index (κ3) is 5.07. The Hall–Kier alpha value is -4.51. The maximum atomic E-state index is 14.9. The zero-order valence-electron chi connectivity index (χ0n) is 21.0. The molecule has 0 unspecified atom stereocenters. The van der Waals surface area contributed by atoms with E-state index < -0.39 is 17.6 Å². The highest BCUT2D eigenvalue weighted by atomic mass is 19.1. The van der Waals surface area contributed by atoms with Gasteiger partial charge >= 0.3 is 0 Å². The zero-order chi connectivity index (χ0) is 26.5. The molecule has 2 amide bonds. The van der Waals surface area contributed by atoms with Crippen LogP contribution in [0.15, 0.2) is 71.4 Å². The molecule has 0 saturated carbocycles. The number of imide groups is 1. The molecule has 0 radical (unpaired) electrons. The molecule has 1 aliphatic rings. The van der Waals surface area contributed by atoms with E-state index in [1.54, 1.807) is 42.9 Å². The number of unbranched alkanes of at least 4 members (excludes halogenated alkanes) is 1. The number of hydrogen-bond donors (Lipinski definition) is 0. The van der Waals surface area contributed by atoms with Crippen LogP contribution in [0.25, 0.3) is 23.0 Å². The Morgan fingerprint density at radius 3 is 2.51 bits per heavy atom. The standard InChI is InChI=1S/C29H27FN4O3/c1-4-6-14-37-26-13-12-20(16-25(26)30)27-21(18-34(32-27)22-10-8-7-9-11-22)15-23-19(3)24(17-31)29(36)33(5-2)28(23)35/h7-13,15-16,18H,4-6,14H2,1-3H3/b23-15+. The van der Waals surface area contributed by atoms with Crippen LogP contribution in [0.3, 0.4) is 0 Å². The number of amides is 2. The van der Waals surface area contributed by atoms with Crippen LogP contribution in [0.2, 0.25) is 0 Å². The van der Waals surface area contributed by atoms with Crippen LogP contribution in [0.1, 0.15) is 39.2 Å². The molecule has 2 aromatic carbocycles. The largest absolute Gasteiger partial charge is 0.491 e. The van der Waals surface area contributed by atoms with Crippen LogP contribution in [0.5, 0.6) is 5.75 Å². The third-order valence-corrected chi connectivity index (χ3v) is 6.17. The van der Waals surface area contributed by atoms with Crippen LogP contribution >= 0.6 is 0 Å². The topological polar surface area (TPSA) is 88.2 Å². The molecule has 3 aromatic rings. The van der Waals surface area contributed by atoms with E-state index >= 15 is 0 Å². The van der Waals surface area contributed by atoms with E-state index in [-0.39, 0.29) is 23.4 Å². The van der Waals surface area contributed by atoms with Gasteiger partial charge in [0.15, 0.2) is 11.6 Å². The van der Waals surface area contributed by atoms with Crippen molar-refractivity contribution < 1.29 is 18.7 Å². The Kier molecular flexibility index (Phi) is 7.63. The summed E-state index contributed by atoms with van der Waals surface area (Å²) in [5.74, 6) is -1.45. The summed E-state index contributed by atoms with van der Waals surface area (Å²) in [5, 5.41) is 14.3. The number of rotatable bonds is 8. The van der Waals surface area contributed by atoms with E-state index in [0.29, 0.717) is 29.0 Å². The third-order valence-electron chi connectivity index (χ3n) is 6.17. The minimum atomic E-state index is -0.606. The highest BCUT2D eigenvalue weighted by molar-refractivity contribution is 6.19. The van der Waals surface area contributed by atoms with Gasteiger partial charge in [0, 0.05) is 29.4 Å². The van der Waals surface area contributed by atoms with Crippen LogP contribution in [-0.4, -0.2) is 39.6 Å². The number of nitrogens with zero attached hydrogens (tertiary/aromatic N) is 4. The van der Waals surface area contributed by atoms with Gasteiger partial charge in [-0.3, -0.25) is 14.5 Å². The number of ether oxygens (including phenoxy) is 1. The lowest BCUT2D eigenvalue weighted by Gasteiger charge is -2.26. The maximum absolute atomic E-state index is 14.9. The number of benzene rings is 2. The highest BCUT2D eigenvalue weighted by Gasteiger charge is 2.34. The summed E-state index contributed by atoms with van der Waals surface area (Å²) in [6.07, 6.45) is 5.11. The number of halogens is 1. The van der Waals surface area contributed by atoms with Gasteiger partial charge in [0.1, 0.15) is 17.3 Å². The number of carbonyl (C=O) groups excluding carboxylic acids is 2. The molecule has 37 heavy (non-hydrogen) atoms. The lowest BCUT2D eigenvalue weighted by Crippen LogP contribution is -2.42. The normalized spacial score (nSPS) is 14.9. The summed E-state index contributed by atoms with van der Waals surface area (Å²) in [4.78, 5) is 26.8. The van der Waals surface area contributed by atoms with Crippen molar-refractivity contribution in [2.75, 3.05) is 13.2 Å². The van der Waals surface area contributed by atoms with Crippen molar-refractivity contribution in [3.05, 3.63) is 82.8 Å². The Labute approximate surface area is 215 Å². The van der Waals surface area contributed by atoms with E-state index in [2.05, 4.69) is 0 Å². The predicted molar refractivity (Wildman–Crippen MR) is 138 cm³/mol. The van der Waals surface area contributed by atoms with E-state index in [0.717, 1.165) is 23.4 Å². The van der Waals surface area contributed by atoms with Crippen LogP contribution in [0.4, 0.5) is 4.39 Å². The molecular weight excluding hydrogens is 471 g/mol. The average Bonchev–Trinajstić information content (AvgIpc) is 3.33. The number of para-hydroxylation sites is 1. The van der Waals surface area contributed by atoms with E-state index in [9.17, 15) is 19.2 Å². The first kappa shape index (κ1) is 25.6. The maximum Gasteiger partial charge on any atom is 0.271 e. The molecule has 8 heteroatoms. The quantitative estimate of drug-likeness (QED) is 0.233. The van der Waals surface area contributed by atoms with Gasteiger partial charge in [0.25, 0.3) is 11.8 Å². The fraction of sp³-hybridized carbons (Fsp3) is 0.241. The summed E-state index contributed by atoms with van der Waals surface area (Å²) < 4.78 is 22.1. The Morgan fingerprint density at radius 2 is 1.86 bits per heavy atom. The van der Waals surface area contributed by atoms with E-state index in [4.69, 9.17) is 9.84 Å². The van der Waals surface area contributed by atoms with Crippen LogP contribution < -0.4 is 4.74 Å². The minimum absolute atomic E-state index is 0.0793. The molecule has 0 N–H and O–H groups in total. The second-order valence-corrected chi connectivity index (χ2v) is 8.58. The fourth-order valence-corrected chi connectivity index (χ4v) is 4.09. The van der Waals surface area contributed by atoms with Crippen molar-refractivity contribution in [1.82, 2.24) is 14.7 Å². The molecule has 188 valence electrons. The van der Waals surface area contributed by atoms with Crippen molar-refractivity contribution in [2.24, 2.45) is 0 Å². The summed E-state index contributed by atoms with van der Waals surface area (Å²) in [6.45, 7) is 5.85. The summed E-state index contributed by atoms with van der Waals surface area (Å²) in [6, 6.07) is 16.0. The lowest BCUT2D eigenvalue weighted by molar-refractivity contribution is -0.140. The molecule has 4 rings (SSSR count). The second kappa shape index (κ2) is 11.0. The van der Waals surface area contributed by atoms with Gasteiger partial charge in [-0.2, -0.15) is 10.4 Å².